The Kier molecular flexibility index (Phi) is 6.82. The summed E-state index contributed by atoms with van der Waals surface area (Å²) >= 11 is 0. The van der Waals surface area contributed by atoms with Gasteiger partial charge in [-0.2, -0.15) is 0 Å². The van der Waals surface area contributed by atoms with E-state index < -0.39 is 11.9 Å². The van der Waals surface area contributed by atoms with Gasteiger partial charge in [0.2, 0.25) is 0 Å². The van der Waals surface area contributed by atoms with E-state index in [2.05, 4.69) is 5.32 Å². The van der Waals surface area contributed by atoms with Crippen LogP contribution in [0.1, 0.15) is 52.4 Å². The Hall–Kier alpha value is -1.26. The van der Waals surface area contributed by atoms with Gasteiger partial charge in [0.05, 0.1) is 5.92 Å². The molecule has 2 N–H and O–H groups in total. The van der Waals surface area contributed by atoms with E-state index in [0.29, 0.717) is 6.04 Å². The summed E-state index contributed by atoms with van der Waals surface area (Å²) in [7, 11) is 1.82. The van der Waals surface area contributed by atoms with Crippen molar-refractivity contribution < 1.29 is 14.7 Å². The fraction of sp³-hybridized carbons (Fsp3) is 0.867. The molecule has 1 fully saturated rings. The molecule has 0 aliphatic heterocycles. The van der Waals surface area contributed by atoms with Crippen LogP contribution in [0.4, 0.5) is 4.79 Å². The molecule has 0 spiro atoms. The number of urea groups is 1. The standard InChI is InChI=1S/C15H28N2O3/c1-11(2)13(14(18)19)10-16-15(20)17(3)12-8-6-4-5-7-9-12/h11-13H,4-10H2,1-3H3,(H,16,20)(H,18,19). The summed E-state index contributed by atoms with van der Waals surface area (Å²) in [6.07, 6.45) is 6.95. The maximum atomic E-state index is 12.1. The highest BCUT2D eigenvalue weighted by molar-refractivity contribution is 5.76. The smallest absolute Gasteiger partial charge is 0.317 e. The molecule has 1 aliphatic rings. The molecule has 0 aromatic heterocycles. The van der Waals surface area contributed by atoms with Crippen molar-refractivity contribution in [2.24, 2.45) is 11.8 Å². The molecule has 0 aromatic carbocycles. The van der Waals surface area contributed by atoms with Gasteiger partial charge in [-0.05, 0) is 18.8 Å². The minimum Gasteiger partial charge on any atom is -0.481 e. The fourth-order valence-electron chi connectivity index (χ4n) is 2.74. The number of rotatable bonds is 5. The topological polar surface area (TPSA) is 69.6 Å². The van der Waals surface area contributed by atoms with Crippen LogP contribution in [0.2, 0.25) is 0 Å². The lowest BCUT2D eigenvalue weighted by atomic mass is 9.96. The van der Waals surface area contributed by atoms with Gasteiger partial charge in [-0.1, -0.05) is 39.5 Å². The zero-order chi connectivity index (χ0) is 15.1. The van der Waals surface area contributed by atoms with Gasteiger partial charge in [0.1, 0.15) is 0 Å². The minimum atomic E-state index is -0.850. The molecule has 0 radical (unpaired) electrons. The molecule has 1 unspecified atom stereocenters. The van der Waals surface area contributed by atoms with Crippen molar-refractivity contribution >= 4 is 12.0 Å². The summed E-state index contributed by atoms with van der Waals surface area (Å²) in [4.78, 5) is 25.0. The van der Waals surface area contributed by atoms with Crippen molar-refractivity contribution in [3.05, 3.63) is 0 Å². The van der Waals surface area contributed by atoms with Gasteiger partial charge in [-0.15, -0.1) is 0 Å². The van der Waals surface area contributed by atoms with E-state index in [0.717, 1.165) is 12.8 Å². The predicted octanol–water partition coefficient (Wildman–Crippen LogP) is 2.71. The molecule has 0 aromatic rings. The zero-order valence-electron chi connectivity index (χ0n) is 12.9. The van der Waals surface area contributed by atoms with Gasteiger partial charge in [0, 0.05) is 19.6 Å². The van der Waals surface area contributed by atoms with Crippen LogP contribution in [0.5, 0.6) is 0 Å². The molecule has 1 saturated carbocycles. The average Bonchev–Trinajstić information content (AvgIpc) is 2.65. The molecule has 1 rings (SSSR count). The lowest BCUT2D eigenvalue weighted by Gasteiger charge is -2.28. The summed E-state index contributed by atoms with van der Waals surface area (Å²) < 4.78 is 0. The predicted molar refractivity (Wildman–Crippen MR) is 78.6 cm³/mol. The van der Waals surface area contributed by atoms with E-state index in [-0.39, 0.29) is 18.5 Å². The molecule has 1 aliphatic carbocycles. The van der Waals surface area contributed by atoms with Crippen molar-refractivity contribution in [3.63, 3.8) is 0 Å². The molecule has 5 nitrogen and oxygen atoms in total. The van der Waals surface area contributed by atoms with Crippen molar-refractivity contribution in [1.29, 1.82) is 0 Å². The summed E-state index contributed by atoms with van der Waals surface area (Å²) in [5, 5.41) is 11.9. The molecule has 0 heterocycles. The Morgan fingerprint density at radius 2 is 1.75 bits per heavy atom. The zero-order valence-corrected chi connectivity index (χ0v) is 12.9. The van der Waals surface area contributed by atoms with Crippen molar-refractivity contribution in [2.45, 2.75) is 58.4 Å². The maximum Gasteiger partial charge on any atom is 0.317 e. The second-order valence-corrected chi connectivity index (χ2v) is 6.13. The number of nitrogens with one attached hydrogen (secondary N) is 1. The molecule has 116 valence electrons. The molecule has 0 bridgehead atoms. The average molecular weight is 284 g/mol. The Bertz CT molecular complexity index is 323. The molecule has 0 saturated heterocycles. The van der Waals surface area contributed by atoms with Crippen LogP contribution < -0.4 is 5.32 Å². The van der Waals surface area contributed by atoms with Crippen LogP contribution in [0.25, 0.3) is 0 Å². The number of hydrogen-bond acceptors (Lipinski definition) is 2. The number of hydrogen-bond donors (Lipinski definition) is 2. The van der Waals surface area contributed by atoms with Crippen molar-refractivity contribution in [2.75, 3.05) is 13.6 Å². The first kappa shape index (κ1) is 16.8. The van der Waals surface area contributed by atoms with Crippen molar-refractivity contribution in [1.82, 2.24) is 10.2 Å². The lowest BCUT2D eigenvalue weighted by molar-refractivity contribution is -0.142. The number of carboxylic acids is 1. The first-order valence-corrected chi connectivity index (χ1v) is 7.67. The van der Waals surface area contributed by atoms with E-state index in [1.807, 2.05) is 20.9 Å². The van der Waals surface area contributed by atoms with E-state index in [4.69, 9.17) is 5.11 Å². The number of carboxylic acid groups (broad SMARTS) is 1. The second kappa shape index (κ2) is 8.12. The van der Waals surface area contributed by atoms with E-state index in [9.17, 15) is 9.59 Å². The summed E-state index contributed by atoms with van der Waals surface area (Å²) in [6.45, 7) is 3.92. The largest absolute Gasteiger partial charge is 0.481 e. The third kappa shape index (κ3) is 5.02. The third-order valence-corrected chi connectivity index (χ3v) is 4.29. The first-order chi connectivity index (χ1) is 9.43. The Balaban J connectivity index is 2.46. The Morgan fingerprint density at radius 3 is 2.20 bits per heavy atom. The number of nitrogens with zero attached hydrogens (tertiary/aromatic N) is 1. The van der Waals surface area contributed by atoms with Gasteiger partial charge in [-0.25, -0.2) is 4.79 Å². The van der Waals surface area contributed by atoms with Crippen LogP contribution in [0.3, 0.4) is 0 Å². The number of carbonyl (C=O) groups excluding carboxylic acids is 1. The second-order valence-electron chi connectivity index (χ2n) is 6.13. The van der Waals surface area contributed by atoms with E-state index in [1.54, 1.807) is 4.90 Å². The van der Waals surface area contributed by atoms with Gasteiger partial charge in [-0.3, -0.25) is 4.79 Å². The Morgan fingerprint density at radius 1 is 1.20 bits per heavy atom. The fourth-order valence-corrected chi connectivity index (χ4v) is 2.74. The van der Waals surface area contributed by atoms with Gasteiger partial charge in [0.25, 0.3) is 0 Å². The maximum absolute atomic E-state index is 12.1. The van der Waals surface area contributed by atoms with Gasteiger partial charge >= 0.3 is 12.0 Å². The van der Waals surface area contributed by atoms with E-state index in [1.165, 1.54) is 25.7 Å². The SMILES string of the molecule is CC(C)C(CNC(=O)N(C)C1CCCCCC1)C(=O)O. The normalized spacial score (nSPS) is 18.4. The number of carbonyl (C=O) groups is 2. The van der Waals surface area contributed by atoms with Gasteiger partial charge in [0.15, 0.2) is 0 Å². The van der Waals surface area contributed by atoms with Gasteiger partial charge < -0.3 is 15.3 Å². The third-order valence-electron chi connectivity index (χ3n) is 4.29. The molecule has 5 heteroatoms. The van der Waals surface area contributed by atoms with E-state index >= 15 is 0 Å². The molecular formula is C15H28N2O3. The summed E-state index contributed by atoms with van der Waals surface area (Å²) in [5.74, 6) is -1.37. The quantitative estimate of drug-likeness (QED) is 0.763. The molecule has 1 atom stereocenters. The summed E-state index contributed by atoms with van der Waals surface area (Å²) in [5.41, 5.74) is 0. The van der Waals surface area contributed by atoms with Crippen LogP contribution in [0.15, 0.2) is 0 Å². The highest BCUT2D eigenvalue weighted by Gasteiger charge is 2.25. The monoisotopic (exact) mass is 284 g/mol. The van der Waals surface area contributed by atoms with Crippen LogP contribution >= 0.6 is 0 Å². The Labute approximate surface area is 121 Å². The van der Waals surface area contributed by atoms with Crippen LogP contribution in [-0.4, -0.2) is 41.6 Å². The molecule has 2 amide bonds. The first-order valence-electron chi connectivity index (χ1n) is 7.67. The minimum absolute atomic E-state index is 0.0102. The van der Waals surface area contributed by atoms with Crippen molar-refractivity contribution in [3.8, 4) is 0 Å². The highest BCUT2D eigenvalue weighted by atomic mass is 16.4. The molecule has 20 heavy (non-hydrogen) atoms. The highest BCUT2D eigenvalue weighted by Crippen LogP contribution is 2.21. The number of amides is 2. The van der Waals surface area contributed by atoms with Crippen LogP contribution in [-0.2, 0) is 4.79 Å². The summed E-state index contributed by atoms with van der Waals surface area (Å²) in [6, 6.07) is 0.142. The molecular weight excluding hydrogens is 256 g/mol. The number of aliphatic carboxylic acids is 1. The lowest BCUT2D eigenvalue weighted by Crippen LogP contribution is -2.46. The van der Waals surface area contributed by atoms with Crippen LogP contribution in [0, 0.1) is 11.8 Å².